The fraction of sp³-hybridized carbons (Fsp3) is 0.150. The third kappa shape index (κ3) is 3.49. The van der Waals surface area contributed by atoms with Crippen molar-refractivity contribution < 1.29 is 9.53 Å². The van der Waals surface area contributed by atoms with Gasteiger partial charge in [0.25, 0.3) is 0 Å². The Labute approximate surface area is 141 Å². The standard InChI is InChI=1S/C20H20N2O2/c1-14(21-18-9-5-6-10-19(18)24-2)20(23)22-17-12-11-15-7-3-4-8-16(15)13-17/h3-14,21H,1-2H3,(H,22,23)/t14-/m0/s1. The number of para-hydroxylation sites is 2. The first-order chi connectivity index (χ1) is 11.7. The first-order valence-electron chi connectivity index (χ1n) is 7.86. The molecule has 0 aliphatic heterocycles. The van der Waals surface area contributed by atoms with E-state index in [0.29, 0.717) is 5.75 Å². The van der Waals surface area contributed by atoms with E-state index in [1.807, 2.05) is 73.7 Å². The van der Waals surface area contributed by atoms with Crippen LogP contribution in [0.2, 0.25) is 0 Å². The first kappa shape index (κ1) is 15.9. The van der Waals surface area contributed by atoms with E-state index in [2.05, 4.69) is 10.6 Å². The van der Waals surface area contributed by atoms with E-state index in [1.54, 1.807) is 7.11 Å². The fourth-order valence-electron chi connectivity index (χ4n) is 2.58. The lowest BCUT2D eigenvalue weighted by Gasteiger charge is -2.17. The molecular formula is C20H20N2O2. The molecule has 24 heavy (non-hydrogen) atoms. The van der Waals surface area contributed by atoms with Crippen LogP contribution in [0.3, 0.4) is 0 Å². The van der Waals surface area contributed by atoms with Gasteiger partial charge in [-0.05, 0) is 42.0 Å². The summed E-state index contributed by atoms with van der Waals surface area (Å²) in [4.78, 5) is 12.4. The Balaban J connectivity index is 1.71. The van der Waals surface area contributed by atoms with Gasteiger partial charge in [-0.2, -0.15) is 0 Å². The highest BCUT2D eigenvalue weighted by Gasteiger charge is 2.14. The van der Waals surface area contributed by atoms with E-state index in [4.69, 9.17) is 4.74 Å². The second-order valence-electron chi connectivity index (χ2n) is 5.62. The van der Waals surface area contributed by atoms with Crippen LogP contribution < -0.4 is 15.4 Å². The molecule has 3 rings (SSSR count). The van der Waals surface area contributed by atoms with Crippen molar-refractivity contribution in [3.63, 3.8) is 0 Å². The van der Waals surface area contributed by atoms with Crippen LogP contribution in [-0.2, 0) is 4.79 Å². The SMILES string of the molecule is COc1ccccc1N[C@@H](C)C(=O)Nc1ccc2ccccc2c1. The molecule has 0 saturated heterocycles. The van der Waals surface area contributed by atoms with E-state index >= 15 is 0 Å². The number of ether oxygens (including phenoxy) is 1. The Kier molecular flexibility index (Phi) is 4.66. The fourth-order valence-corrected chi connectivity index (χ4v) is 2.58. The summed E-state index contributed by atoms with van der Waals surface area (Å²) in [5.74, 6) is 0.610. The molecule has 1 atom stereocenters. The van der Waals surface area contributed by atoms with Crippen molar-refractivity contribution in [3.8, 4) is 5.75 Å². The lowest BCUT2D eigenvalue weighted by Crippen LogP contribution is -2.32. The van der Waals surface area contributed by atoms with Crippen LogP contribution in [0.25, 0.3) is 10.8 Å². The number of amides is 1. The molecule has 1 amide bonds. The van der Waals surface area contributed by atoms with Crippen molar-refractivity contribution >= 4 is 28.1 Å². The minimum absolute atomic E-state index is 0.101. The molecule has 4 heteroatoms. The molecule has 0 heterocycles. The Morgan fingerprint density at radius 2 is 1.67 bits per heavy atom. The molecule has 0 fully saturated rings. The maximum absolute atomic E-state index is 12.4. The molecule has 0 saturated carbocycles. The van der Waals surface area contributed by atoms with Crippen molar-refractivity contribution in [1.29, 1.82) is 0 Å². The average molecular weight is 320 g/mol. The normalized spacial score (nSPS) is 11.8. The van der Waals surface area contributed by atoms with Gasteiger partial charge in [-0.15, -0.1) is 0 Å². The zero-order valence-electron chi connectivity index (χ0n) is 13.7. The number of hydrogen-bond donors (Lipinski definition) is 2. The molecule has 0 radical (unpaired) electrons. The summed E-state index contributed by atoms with van der Waals surface area (Å²) in [6.07, 6.45) is 0. The molecule has 0 unspecified atom stereocenters. The van der Waals surface area contributed by atoms with Crippen LogP contribution in [0.1, 0.15) is 6.92 Å². The number of benzene rings is 3. The predicted molar refractivity (Wildman–Crippen MR) is 98.7 cm³/mol. The number of hydrogen-bond acceptors (Lipinski definition) is 3. The molecular weight excluding hydrogens is 300 g/mol. The molecule has 4 nitrogen and oxygen atoms in total. The lowest BCUT2D eigenvalue weighted by atomic mass is 10.1. The number of anilines is 2. The maximum atomic E-state index is 12.4. The largest absolute Gasteiger partial charge is 0.495 e. The summed E-state index contributed by atoms with van der Waals surface area (Å²) < 4.78 is 5.30. The minimum Gasteiger partial charge on any atom is -0.495 e. The number of rotatable bonds is 5. The first-order valence-corrected chi connectivity index (χ1v) is 7.86. The number of nitrogens with one attached hydrogen (secondary N) is 2. The highest BCUT2D eigenvalue weighted by atomic mass is 16.5. The van der Waals surface area contributed by atoms with Gasteiger partial charge in [-0.25, -0.2) is 0 Å². The smallest absolute Gasteiger partial charge is 0.246 e. The van der Waals surface area contributed by atoms with Crippen molar-refractivity contribution in [2.75, 3.05) is 17.7 Å². The van der Waals surface area contributed by atoms with E-state index in [9.17, 15) is 4.79 Å². The molecule has 0 spiro atoms. The second-order valence-corrected chi connectivity index (χ2v) is 5.62. The Morgan fingerprint density at radius 3 is 2.46 bits per heavy atom. The van der Waals surface area contributed by atoms with Crippen molar-refractivity contribution in [3.05, 3.63) is 66.7 Å². The van der Waals surface area contributed by atoms with E-state index in [1.165, 1.54) is 0 Å². The Morgan fingerprint density at radius 1 is 0.958 bits per heavy atom. The van der Waals surface area contributed by atoms with Gasteiger partial charge in [-0.3, -0.25) is 4.79 Å². The van der Waals surface area contributed by atoms with Gasteiger partial charge in [0.15, 0.2) is 0 Å². The average Bonchev–Trinajstić information content (AvgIpc) is 2.62. The highest BCUT2D eigenvalue weighted by molar-refractivity contribution is 5.98. The quantitative estimate of drug-likeness (QED) is 0.737. The predicted octanol–water partition coefficient (Wildman–Crippen LogP) is 4.29. The van der Waals surface area contributed by atoms with Gasteiger partial charge in [0, 0.05) is 5.69 Å². The number of carbonyl (C=O) groups is 1. The van der Waals surface area contributed by atoms with Crippen LogP contribution in [0.15, 0.2) is 66.7 Å². The number of methoxy groups -OCH3 is 1. The van der Waals surface area contributed by atoms with Gasteiger partial charge >= 0.3 is 0 Å². The maximum Gasteiger partial charge on any atom is 0.246 e. The molecule has 0 bridgehead atoms. The molecule has 0 aromatic heterocycles. The van der Waals surface area contributed by atoms with Crippen LogP contribution in [0.5, 0.6) is 5.75 Å². The van der Waals surface area contributed by atoms with Crippen molar-refractivity contribution in [2.24, 2.45) is 0 Å². The Hall–Kier alpha value is -3.01. The third-order valence-electron chi connectivity index (χ3n) is 3.89. The Bertz CT molecular complexity index is 861. The van der Waals surface area contributed by atoms with Crippen LogP contribution in [0, 0.1) is 0 Å². The van der Waals surface area contributed by atoms with Gasteiger partial charge in [0.1, 0.15) is 11.8 Å². The zero-order chi connectivity index (χ0) is 16.9. The number of fused-ring (bicyclic) bond motifs is 1. The van der Waals surface area contributed by atoms with E-state index < -0.39 is 6.04 Å². The van der Waals surface area contributed by atoms with Gasteiger partial charge in [0.05, 0.1) is 12.8 Å². The van der Waals surface area contributed by atoms with Gasteiger partial charge < -0.3 is 15.4 Å². The summed E-state index contributed by atoms with van der Waals surface area (Å²) in [5.41, 5.74) is 1.58. The summed E-state index contributed by atoms with van der Waals surface area (Å²) in [7, 11) is 1.61. The zero-order valence-corrected chi connectivity index (χ0v) is 13.7. The van der Waals surface area contributed by atoms with Crippen molar-refractivity contribution in [1.82, 2.24) is 0 Å². The third-order valence-corrected chi connectivity index (χ3v) is 3.89. The second kappa shape index (κ2) is 7.04. The molecule has 0 aliphatic rings. The van der Waals surface area contributed by atoms with E-state index in [-0.39, 0.29) is 5.91 Å². The van der Waals surface area contributed by atoms with Crippen LogP contribution >= 0.6 is 0 Å². The van der Waals surface area contributed by atoms with E-state index in [0.717, 1.165) is 22.1 Å². The summed E-state index contributed by atoms with van der Waals surface area (Å²) in [5, 5.41) is 8.38. The lowest BCUT2D eigenvalue weighted by molar-refractivity contribution is -0.116. The van der Waals surface area contributed by atoms with Gasteiger partial charge in [-0.1, -0.05) is 42.5 Å². The monoisotopic (exact) mass is 320 g/mol. The van der Waals surface area contributed by atoms with Crippen LogP contribution in [-0.4, -0.2) is 19.1 Å². The summed E-state index contributed by atoms with van der Waals surface area (Å²) in [6, 6.07) is 21.1. The van der Waals surface area contributed by atoms with Crippen molar-refractivity contribution in [2.45, 2.75) is 13.0 Å². The number of carbonyl (C=O) groups excluding carboxylic acids is 1. The van der Waals surface area contributed by atoms with Gasteiger partial charge in [0.2, 0.25) is 5.91 Å². The molecule has 0 aliphatic carbocycles. The molecule has 122 valence electrons. The topological polar surface area (TPSA) is 50.4 Å². The molecule has 3 aromatic rings. The minimum atomic E-state index is -0.396. The molecule has 3 aromatic carbocycles. The highest BCUT2D eigenvalue weighted by Crippen LogP contribution is 2.24. The summed E-state index contributed by atoms with van der Waals surface area (Å²) in [6.45, 7) is 1.82. The molecule has 2 N–H and O–H groups in total. The summed E-state index contributed by atoms with van der Waals surface area (Å²) >= 11 is 0. The van der Waals surface area contributed by atoms with Crippen LogP contribution in [0.4, 0.5) is 11.4 Å².